The summed E-state index contributed by atoms with van der Waals surface area (Å²) in [5.41, 5.74) is 0.729. The summed E-state index contributed by atoms with van der Waals surface area (Å²) in [7, 11) is 0.583. The molecule has 16 heavy (non-hydrogen) atoms. The summed E-state index contributed by atoms with van der Waals surface area (Å²) in [6, 6.07) is 9.10. The molecule has 0 aliphatic rings. The van der Waals surface area contributed by atoms with E-state index in [4.69, 9.17) is 0 Å². The van der Waals surface area contributed by atoms with Gasteiger partial charge in [-0.3, -0.25) is 9.53 Å². The zero-order valence-electron chi connectivity index (χ0n) is 9.41. The van der Waals surface area contributed by atoms with E-state index < -0.39 is 6.36 Å². The van der Waals surface area contributed by atoms with Crippen LogP contribution >= 0.6 is 0 Å². The van der Waals surface area contributed by atoms with E-state index in [0.29, 0.717) is 7.11 Å². The molecule has 1 aromatic carbocycles. The van der Waals surface area contributed by atoms with Crippen molar-refractivity contribution in [3.8, 4) is 0 Å². The second-order valence-corrected chi connectivity index (χ2v) is 2.18. The van der Waals surface area contributed by atoms with Crippen LogP contribution in [-0.2, 0) is 4.74 Å². The van der Waals surface area contributed by atoms with E-state index in [1.807, 2.05) is 32.0 Å². The van der Waals surface area contributed by atoms with Gasteiger partial charge in [0.25, 0.3) is 0 Å². The highest BCUT2D eigenvalue weighted by Gasteiger charge is 2.25. The zero-order valence-corrected chi connectivity index (χ0v) is 9.41. The van der Waals surface area contributed by atoms with Gasteiger partial charge < -0.3 is 0 Å². The van der Waals surface area contributed by atoms with Crippen molar-refractivity contribution in [2.75, 3.05) is 7.11 Å². The van der Waals surface area contributed by atoms with E-state index in [9.17, 15) is 18.0 Å². The van der Waals surface area contributed by atoms with Crippen LogP contribution in [0, 0.1) is 0 Å². The fraction of sp³-hybridized carbons (Fsp3) is 0.364. The summed E-state index contributed by atoms with van der Waals surface area (Å²) in [5, 5.41) is 0. The molecule has 1 aromatic rings. The van der Waals surface area contributed by atoms with Gasteiger partial charge in [-0.2, -0.15) is 0 Å². The van der Waals surface area contributed by atoms with E-state index in [0.717, 1.165) is 11.8 Å². The average Bonchev–Trinajstić information content (AvgIpc) is 2.32. The summed E-state index contributed by atoms with van der Waals surface area (Å²) in [5.74, 6) is 0. The number of ether oxygens (including phenoxy) is 1. The minimum Gasteiger partial charge on any atom is -0.298 e. The first-order valence-corrected chi connectivity index (χ1v) is 4.61. The molecule has 0 N–H and O–H groups in total. The summed E-state index contributed by atoms with van der Waals surface area (Å²) < 4.78 is 34.6. The van der Waals surface area contributed by atoms with Gasteiger partial charge in [0, 0.05) is 12.7 Å². The maximum atomic E-state index is 10.6. The van der Waals surface area contributed by atoms with E-state index >= 15 is 0 Å². The highest BCUT2D eigenvalue weighted by Crippen LogP contribution is 2.13. The average molecular weight is 236 g/mol. The number of halogens is 3. The lowest BCUT2D eigenvalue weighted by atomic mass is 10.2. The lowest BCUT2D eigenvalue weighted by Gasteiger charge is -1.97. The Morgan fingerprint density at radius 2 is 1.50 bits per heavy atom. The normalized spacial score (nSPS) is 9.12. The van der Waals surface area contributed by atoms with Crippen LogP contribution in [0.25, 0.3) is 0 Å². The van der Waals surface area contributed by atoms with E-state index in [-0.39, 0.29) is 0 Å². The maximum Gasteiger partial charge on any atom is 0.522 e. The Hall–Kier alpha value is -1.36. The van der Waals surface area contributed by atoms with Crippen molar-refractivity contribution >= 4 is 6.29 Å². The van der Waals surface area contributed by atoms with Gasteiger partial charge in [-0.15, -0.1) is 13.2 Å². The summed E-state index contributed by atoms with van der Waals surface area (Å²) >= 11 is 0. The Morgan fingerprint density at radius 3 is 1.69 bits per heavy atom. The first-order valence-electron chi connectivity index (χ1n) is 4.61. The van der Waals surface area contributed by atoms with E-state index in [1.54, 1.807) is 12.1 Å². The molecule has 0 unspecified atom stereocenters. The number of carbonyl (C=O) groups is 1. The Bertz CT molecular complexity index is 258. The molecule has 0 fully saturated rings. The second-order valence-electron chi connectivity index (χ2n) is 2.18. The van der Waals surface area contributed by atoms with Crippen LogP contribution in [0.4, 0.5) is 13.2 Å². The molecular formula is C11H15F3O2. The van der Waals surface area contributed by atoms with Crippen molar-refractivity contribution < 1.29 is 22.7 Å². The molecule has 0 radical (unpaired) electrons. The third kappa shape index (κ3) is 12.6. The van der Waals surface area contributed by atoms with Crippen molar-refractivity contribution in [2.24, 2.45) is 0 Å². The fourth-order valence-corrected chi connectivity index (χ4v) is 0.532. The van der Waals surface area contributed by atoms with Gasteiger partial charge in [-0.1, -0.05) is 44.2 Å². The van der Waals surface area contributed by atoms with Gasteiger partial charge in [-0.05, 0) is 0 Å². The standard InChI is InChI=1S/C7H6O.C2H3F3O.C2H6/c8-6-7-4-2-1-3-5-7;1-6-2(3,4)5;1-2/h1-6H;1H3;1-2H3. The number of rotatable bonds is 1. The van der Waals surface area contributed by atoms with Crippen molar-refractivity contribution in [2.45, 2.75) is 20.2 Å². The van der Waals surface area contributed by atoms with Crippen LogP contribution in [-0.4, -0.2) is 19.8 Å². The van der Waals surface area contributed by atoms with Gasteiger partial charge in [0.15, 0.2) is 0 Å². The van der Waals surface area contributed by atoms with Crippen LogP contribution in [0.2, 0.25) is 0 Å². The van der Waals surface area contributed by atoms with Gasteiger partial charge >= 0.3 is 6.36 Å². The molecule has 2 nitrogen and oxygen atoms in total. The topological polar surface area (TPSA) is 26.3 Å². The lowest BCUT2D eigenvalue weighted by Crippen LogP contribution is -2.08. The molecule has 0 amide bonds. The SMILES string of the molecule is CC.COC(F)(F)F.O=Cc1ccccc1. The van der Waals surface area contributed by atoms with Crippen LogP contribution < -0.4 is 0 Å². The van der Waals surface area contributed by atoms with Gasteiger partial charge in [0.05, 0.1) is 0 Å². The predicted octanol–water partition coefficient (Wildman–Crippen LogP) is 3.68. The Balaban J connectivity index is 0. The highest BCUT2D eigenvalue weighted by molar-refractivity contribution is 5.74. The van der Waals surface area contributed by atoms with Crippen LogP contribution in [0.5, 0.6) is 0 Å². The Morgan fingerprint density at radius 1 is 1.12 bits per heavy atom. The lowest BCUT2D eigenvalue weighted by molar-refractivity contribution is -0.311. The van der Waals surface area contributed by atoms with E-state index in [1.165, 1.54) is 0 Å². The predicted molar refractivity (Wildman–Crippen MR) is 56.2 cm³/mol. The molecule has 92 valence electrons. The molecule has 0 aromatic heterocycles. The number of methoxy groups -OCH3 is 1. The molecule has 0 aliphatic heterocycles. The highest BCUT2D eigenvalue weighted by atomic mass is 19.4. The summed E-state index contributed by atoms with van der Waals surface area (Å²) in [4.78, 5) is 10.0. The van der Waals surface area contributed by atoms with E-state index in [2.05, 4.69) is 4.74 Å². The van der Waals surface area contributed by atoms with Crippen molar-refractivity contribution in [3.63, 3.8) is 0 Å². The van der Waals surface area contributed by atoms with Crippen molar-refractivity contribution in [3.05, 3.63) is 35.9 Å². The Kier molecular flexibility index (Phi) is 10.8. The number of carbonyl (C=O) groups excluding carboxylic acids is 1. The molecule has 0 atom stereocenters. The molecule has 0 saturated heterocycles. The first kappa shape index (κ1) is 17.0. The number of alkyl halides is 3. The summed E-state index contributed by atoms with van der Waals surface area (Å²) in [6.45, 7) is 4.00. The molecule has 0 aliphatic carbocycles. The van der Waals surface area contributed by atoms with Crippen molar-refractivity contribution in [1.82, 2.24) is 0 Å². The molecule has 0 spiro atoms. The monoisotopic (exact) mass is 236 g/mol. The third-order valence-electron chi connectivity index (χ3n) is 1.17. The molecule has 0 heterocycles. The van der Waals surface area contributed by atoms with Gasteiger partial charge in [-0.25, -0.2) is 0 Å². The quantitative estimate of drug-likeness (QED) is 0.695. The Labute approximate surface area is 93.0 Å². The third-order valence-corrected chi connectivity index (χ3v) is 1.17. The molecule has 0 bridgehead atoms. The number of hydrogen-bond acceptors (Lipinski definition) is 2. The molecule has 0 saturated carbocycles. The zero-order chi connectivity index (χ0) is 13.0. The molecule has 5 heteroatoms. The fourth-order valence-electron chi connectivity index (χ4n) is 0.532. The van der Waals surface area contributed by atoms with Crippen LogP contribution in [0.3, 0.4) is 0 Å². The van der Waals surface area contributed by atoms with Crippen molar-refractivity contribution in [1.29, 1.82) is 0 Å². The minimum atomic E-state index is -4.46. The van der Waals surface area contributed by atoms with Gasteiger partial charge in [0.1, 0.15) is 6.29 Å². The molecule has 1 rings (SSSR count). The maximum absolute atomic E-state index is 10.6. The number of hydrogen-bond donors (Lipinski definition) is 0. The molecular weight excluding hydrogens is 221 g/mol. The first-order chi connectivity index (χ1) is 7.49. The number of benzene rings is 1. The van der Waals surface area contributed by atoms with Gasteiger partial charge in [0.2, 0.25) is 0 Å². The second kappa shape index (κ2) is 10.2. The smallest absolute Gasteiger partial charge is 0.298 e. The minimum absolute atomic E-state index is 0.583. The number of aldehydes is 1. The van der Waals surface area contributed by atoms with Crippen LogP contribution in [0.1, 0.15) is 24.2 Å². The summed E-state index contributed by atoms with van der Waals surface area (Å²) in [6.07, 6.45) is -3.63. The largest absolute Gasteiger partial charge is 0.522 e. The van der Waals surface area contributed by atoms with Crippen LogP contribution in [0.15, 0.2) is 30.3 Å².